The molecular weight excluding hydrogens is 368 g/mol. The Morgan fingerprint density at radius 2 is 1.79 bits per heavy atom. The summed E-state index contributed by atoms with van der Waals surface area (Å²) in [6.07, 6.45) is 0.626. The van der Waals surface area contributed by atoms with Crippen molar-refractivity contribution >= 4 is 34.3 Å². The summed E-state index contributed by atoms with van der Waals surface area (Å²) in [7, 11) is 0. The molecule has 1 amide bonds. The number of carbonyl (C=O) groups is 2. The predicted molar refractivity (Wildman–Crippen MR) is 96.0 cm³/mol. The standard InChI is InChI=1S/C18H20N4O6/c23-17(13-11-3-4-12(27-11)14(13)18(24)25)19-9-1-2-10(16-15(9)20-28-21-16)22-5-7-26-8-6-22/h1-2,11-14H,3-8H2,(H,19,23)(H,24,25)/t11-,12+,13+,14+/m1/s1. The van der Waals surface area contributed by atoms with E-state index in [-0.39, 0.29) is 12.0 Å². The molecular formula is C18H20N4O6. The zero-order chi connectivity index (χ0) is 19.3. The SMILES string of the molecule is O=C(O)[C@@H]1[C@@H](C(=O)Nc2ccc(N3CCOCC3)c3nonc23)[C@H]2CC[C@@H]1O2. The zero-order valence-electron chi connectivity index (χ0n) is 15.0. The highest BCUT2D eigenvalue weighted by molar-refractivity contribution is 6.04. The third-order valence-corrected chi connectivity index (χ3v) is 5.86. The van der Waals surface area contributed by atoms with Crippen LogP contribution in [0.5, 0.6) is 0 Å². The Labute approximate surface area is 159 Å². The lowest BCUT2D eigenvalue weighted by molar-refractivity contribution is -0.147. The molecule has 3 fully saturated rings. The van der Waals surface area contributed by atoms with E-state index in [0.717, 1.165) is 18.8 Å². The number of hydrogen-bond acceptors (Lipinski definition) is 8. The van der Waals surface area contributed by atoms with E-state index in [1.165, 1.54) is 0 Å². The Kier molecular flexibility index (Phi) is 4.17. The fourth-order valence-electron chi connectivity index (χ4n) is 4.55. The summed E-state index contributed by atoms with van der Waals surface area (Å²) in [6, 6.07) is 3.61. The van der Waals surface area contributed by atoms with Gasteiger partial charge in [0.15, 0.2) is 11.0 Å². The van der Waals surface area contributed by atoms with Gasteiger partial charge in [-0.15, -0.1) is 0 Å². The van der Waals surface area contributed by atoms with Crippen molar-refractivity contribution < 1.29 is 28.8 Å². The number of aliphatic carboxylic acids is 1. The Morgan fingerprint density at radius 1 is 1.07 bits per heavy atom. The molecule has 1 aromatic carbocycles. The fourth-order valence-corrected chi connectivity index (χ4v) is 4.55. The van der Waals surface area contributed by atoms with Crippen LogP contribution in [0.1, 0.15) is 12.8 Å². The van der Waals surface area contributed by atoms with Gasteiger partial charge in [0, 0.05) is 13.1 Å². The molecule has 2 N–H and O–H groups in total. The van der Waals surface area contributed by atoms with Crippen LogP contribution in [-0.2, 0) is 19.1 Å². The molecule has 4 atom stereocenters. The lowest BCUT2D eigenvalue weighted by Gasteiger charge is -2.29. The molecule has 1 aromatic heterocycles. The second kappa shape index (κ2) is 6.71. The van der Waals surface area contributed by atoms with Gasteiger partial charge >= 0.3 is 5.97 Å². The van der Waals surface area contributed by atoms with Gasteiger partial charge in [-0.2, -0.15) is 0 Å². The summed E-state index contributed by atoms with van der Waals surface area (Å²) in [5, 5.41) is 20.3. The number of rotatable bonds is 4. The molecule has 5 rings (SSSR count). The number of nitrogens with one attached hydrogen (secondary N) is 1. The Bertz CT molecular complexity index is 924. The van der Waals surface area contributed by atoms with E-state index in [9.17, 15) is 14.7 Å². The van der Waals surface area contributed by atoms with Crippen LogP contribution < -0.4 is 10.2 Å². The number of fused-ring (bicyclic) bond motifs is 3. The topological polar surface area (TPSA) is 127 Å². The van der Waals surface area contributed by atoms with Crippen LogP contribution in [0.4, 0.5) is 11.4 Å². The first-order chi connectivity index (χ1) is 13.6. The lowest BCUT2D eigenvalue weighted by Crippen LogP contribution is -2.41. The molecule has 3 aliphatic rings. The summed E-state index contributed by atoms with van der Waals surface area (Å²) in [6.45, 7) is 2.73. The van der Waals surface area contributed by atoms with Crippen LogP contribution in [0.25, 0.3) is 11.0 Å². The molecule has 0 saturated carbocycles. The van der Waals surface area contributed by atoms with Crippen LogP contribution in [0.3, 0.4) is 0 Å². The number of morpholine rings is 1. The first kappa shape index (κ1) is 17.4. The van der Waals surface area contributed by atoms with E-state index in [1.807, 2.05) is 6.07 Å². The van der Waals surface area contributed by atoms with Gasteiger partial charge in [-0.3, -0.25) is 9.59 Å². The number of hydrogen-bond donors (Lipinski definition) is 2. The molecule has 0 spiro atoms. The van der Waals surface area contributed by atoms with Crippen molar-refractivity contribution in [3.8, 4) is 0 Å². The summed E-state index contributed by atoms with van der Waals surface area (Å²) in [4.78, 5) is 26.7. The molecule has 2 aromatic rings. The molecule has 0 aliphatic carbocycles. The minimum absolute atomic E-state index is 0.357. The molecule has 4 heterocycles. The number of ether oxygens (including phenoxy) is 2. The first-order valence-corrected chi connectivity index (χ1v) is 9.40. The third-order valence-electron chi connectivity index (χ3n) is 5.86. The van der Waals surface area contributed by atoms with E-state index < -0.39 is 23.9 Å². The molecule has 2 bridgehead atoms. The van der Waals surface area contributed by atoms with Crippen LogP contribution in [-0.4, -0.2) is 65.8 Å². The van der Waals surface area contributed by atoms with Crippen molar-refractivity contribution in [2.24, 2.45) is 11.8 Å². The van der Waals surface area contributed by atoms with Gasteiger partial charge in [0.2, 0.25) is 5.91 Å². The molecule has 148 valence electrons. The highest BCUT2D eigenvalue weighted by atomic mass is 16.6. The molecule has 10 nitrogen and oxygen atoms in total. The normalized spacial score (nSPS) is 29.4. The molecule has 28 heavy (non-hydrogen) atoms. The van der Waals surface area contributed by atoms with Crippen LogP contribution >= 0.6 is 0 Å². The highest BCUT2D eigenvalue weighted by Crippen LogP contribution is 2.44. The maximum atomic E-state index is 12.9. The second-order valence-electron chi connectivity index (χ2n) is 7.36. The van der Waals surface area contributed by atoms with Gasteiger partial charge < -0.3 is 24.8 Å². The lowest BCUT2D eigenvalue weighted by atomic mass is 9.78. The number of benzene rings is 1. The second-order valence-corrected chi connectivity index (χ2v) is 7.36. The smallest absolute Gasteiger partial charge is 0.310 e. The number of carboxylic acids is 1. The molecule has 0 radical (unpaired) electrons. The average Bonchev–Trinajstić information content (AvgIpc) is 3.44. The van der Waals surface area contributed by atoms with Crippen molar-refractivity contribution in [2.45, 2.75) is 25.0 Å². The number of carbonyl (C=O) groups excluding carboxylic acids is 1. The van der Waals surface area contributed by atoms with Gasteiger partial charge in [-0.25, -0.2) is 4.63 Å². The van der Waals surface area contributed by atoms with E-state index in [1.54, 1.807) is 6.07 Å². The van der Waals surface area contributed by atoms with Crippen molar-refractivity contribution in [3.63, 3.8) is 0 Å². The largest absolute Gasteiger partial charge is 0.481 e. The summed E-state index contributed by atoms with van der Waals surface area (Å²) >= 11 is 0. The number of carboxylic acid groups (broad SMARTS) is 1. The molecule has 10 heteroatoms. The van der Waals surface area contributed by atoms with Crippen molar-refractivity contribution in [3.05, 3.63) is 12.1 Å². The number of aromatic nitrogens is 2. The van der Waals surface area contributed by atoms with Crippen molar-refractivity contribution in [1.82, 2.24) is 10.3 Å². The van der Waals surface area contributed by atoms with Gasteiger partial charge in [0.1, 0.15) is 0 Å². The molecule has 3 aliphatic heterocycles. The fraction of sp³-hybridized carbons (Fsp3) is 0.556. The molecule has 0 unspecified atom stereocenters. The maximum absolute atomic E-state index is 12.9. The van der Waals surface area contributed by atoms with Crippen LogP contribution in [0.2, 0.25) is 0 Å². The van der Waals surface area contributed by atoms with E-state index in [4.69, 9.17) is 14.1 Å². The number of nitrogens with zero attached hydrogens (tertiary/aromatic N) is 3. The van der Waals surface area contributed by atoms with E-state index in [2.05, 4.69) is 20.5 Å². The predicted octanol–water partition coefficient (Wildman–Crippen LogP) is 0.876. The van der Waals surface area contributed by atoms with Crippen molar-refractivity contribution in [1.29, 1.82) is 0 Å². The number of anilines is 2. The third kappa shape index (κ3) is 2.71. The zero-order valence-corrected chi connectivity index (χ0v) is 15.0. The quantitative estimate of drug-likeness (QED) is 0.784. The molecule has 3 saturated heterocycles. The maximum Gasteiger partial charge on any atom is 0.310 e. The Balaban J connectivity index is 1.42. The van der Waals surface area contributed by atoms with Gasteiger partial charge in [0.05, 0.1) is 48.6 Å². The Morgan fingerprint density at radius 3 is 2.54 bits per heavy atom. The summed E-state index contributed by atoms with van der Waals surface area (Å²) in [5.74, 6) is -2.91. The van der Waals surface area contributed by atoms with E-state index >= 15 is 0 Å². The van der Waals surface area contributed by atoms with Crippen molar-refractivity contribution in [2.75, 3.05) is 36.5 Å². The first-order valence-electron chi connectivity index (χ1n) is 9.40. The van der Waals surface area contributed by atoms with Gasteiger partial charge in [-0.1, -0.05) is 0 Å². The van der Waals surface area contributed by atoms with Gasteiger partial charge in [0.25, 0.3) is 0 Å². The van der Waals surface area contributed by atoms with Crippen LogP contribution in [0, 0.1) is 11.8 Å². The number of amides is 1. The average molecular weight is 388 g/mol. The minimum Gasteiger partial charge on any atom is -0.481 e. The van der Waals surface area contributed by atoms with Crippen LogP contribution in [0.15, 0.2) is 16.8 Å². The Hall–Kier alpha value is -2.72. The highest BCUT2D eigenvalue weighted by Gasteiger charge is 2.55. The van der Waals surface area contributed by atoms with Gasteiger partial charge in [-0.05, 0) is 35.3 Å². The minimum atomic E-state index is -0.997. The summed E-state index contributed by atoms with van der Waals surface area (Å²) < 4.78 is 16.0. The van der Waals surface area contributed by atoms with E-state index in [0.29, 0.717) is 42.8 Å². The summed E-state index contributed by atoms with van der Waals surface area (Å²) in [5.41, 5.74) is 2.31. The monoisotopic (exact) mass is 388 g/mol.